The lowest BCUT2D eigenvalue weighted by Crippen LogP contribution is -2.31. The van der Waals surface area contributed by atoms with Crippen LogP contribution in [0.25, 0.3) is 16.6 Å². The van der Waals surface area contributed by atoms with Crippen LogP contribution in [0.2, 0.25) is 0 Å². The molecule has 0 fully saturated rings. The minimum absolute atomic E-state index is 0.110. The highest BCUT2D eigenvalue weighted by molar-refractivity contribution is 8.00. The Labute approximate surface area is 138 Å². The number of para-hydroxylation sites is 1. The molecule has 6 heteroatoms. The number of aromatic nitrogens is 3. The maximum absolute atomic E-state index is 12.0. The number of hydrogen-bond donors (Lipinski definition) is 1. The van der Waals surface area contributed by atoms with Gasteiger partial charge in [0.05, 0.1) is 17.3 Å². The molecule has 116 valence electrons. The number of terminal acetylenes is 1. The number of carbonyl (C=O) groups excluding carboxylic acids is 1. The average molecular weight is 324 g/mol. The Kier molecular flexibility index (Phi) is 4.22. The summed E-state index contributed by atoms with van der Waals surface area (Å²) in [7, 11) is 0. The molecule has 0 saturated heterocycles. The van der Waals surface area contributed by atoms with Crippen LogP contribution in [0.5, 0.6) is 0 Å². The van der Waals surface area contributed by atoms with Crippen LogP contribution < -0.4 is 5.32 Å². The van der Waals surface area contributed by atoms with Gasteiger partial charge in [-0.2, -0.15) is 0 Å². The maximum Gasteiger partial charge on any atom is 0.234 e. The van der Waals surface area contributed by atoms with E-state index in [-0.39, 0.29) is 17.7 Å². The van der Waals surface area contributed by atoms with Gasteiger partial charge in [-0.25, -0.2) is 0 Å². The molecule has 1 N–H and O–H groups in total. The third-order valence-corrected chi connectivity index (χ3v) is 4.63. The van der Waals surface area contributed by atoms with E-state index in [0.717, 1.165) is 22.1 Å². The second-order valence-electron chi connectivity index (χ2n) is 5.20. The molecule has 5 nitrogen and oxygen atoms in total. The van der Waals surface area contributed by atoms with Gasteiger partial charge in [0.25, 0.3) is 0 Å². The quantitative estimate of drug-likeness (QED) is 0.591. The lowest BCUT2D eigenvalue weighted by molar-refractivity contribution is -0.120. The van der Waals surface area contributed by atoms with E-state index in [1.54, 1.807) is 0 Å². The summed E-state index contributed by atoms with van der Waals surface area (Å²) in [4.78, 5) is 12.0. The molecule has 3 rings (SSSR count). The molecule has 2 heterocycles. The second-order valence-corrected chi connectivity index (χ2v) is 6.51. The lowest BCUT2D eigenvalue weighted by Gasteiger charge is -2.11. The van der Waals surface area contributed by atoms with Crippen LogP contribution in [0.4, 0.5) is 0 Å². The number of hydrogen-bond acceptors (Lipinski definition) is 4. The third kappa shape index (κ3) is 2.88. The molecule has 0 unspecified atom stereocenters. The van der Waals surface area contributed by atoms with Gasteiger partial charge in [0, 0.05) is 5.39 Å². The summed E-state index contributed by atoms with van der Waals surface area (Å²) in [6.07, 6.45) is 5.17. The third-order valence-electron chi connectivity index (χ3n) is 3.59. The van der Waals surface area contributed by atoms with E-state index >= 15 is 0 Å². The average Bonchev–Trinajstić information content (AvgIpc) is 2.95. The highest BCUT2D eigenvalue weighted by atomic mass is 32.2. The summed E-state index contributed by atoms with van der Waals surface area (Å²) in [6, 6.07) is 10.1. The molecule has 0 radical (unpaired) electrons. The zero-order valence-corrected chi connectivity index (χ0v) is 13.7. The molecule has 1 atom stereocenters. The van der Waals surface area contributed by atoms with E-state index < -0.39 is 0 Å². The number of amides is 1. The zero-order chi connectivity index (χ0) is 16.4. The molecular formula is C17H16N4OS. The zero-order valence-electron chi connectivity index (χ0n) is 12.9. The van der Waals surface area contributed by atoms with Gasteiger partial charge in [-0.1, -0.05) is 35.9 Å². The number of fused-ring (bicyclic) bond motifs is 3. The predicted octanol–water partition coefficient (Wildman–Crippen LogP) is 2.42. The number of nitrogens with zero attached hydrogens (tertiary/aromatic N) is 3. The van der Waals surface area contributed by atoms with Crippen LogP contribution >= 0.6 is 11.8 Å². The van der Waals surface area contributed by atoms with Gasteiger partial charge in [-0.3, -0.25) is 9.20 Å². The van der Waals surface area contributed by atoms with Gasteiger partial charge in [-0.15, -0.1) is 16.6 Å². The van der Waals surface area contributed by atoms with Crippen molar-refractivity contribution in [1.82, 2.24) is 19.9 Å². The van der Waals surface area contributed by atoms with Crippen molar-refractivity contribution in [1.29, 1.82) is 0 Å². The smallest absolute Gasteiger partial charge is 0.234 e. The summed E-state index contributed by atoms with van der Waals surface area (Å²) < 4.78 is 1.98. The van der Waals surface area contributed by atoms with Crippen molar-refractivity contribution in [3.63, 3.8) is 0 Å². The minimum Gasteiger partial charge on any atom is -0.344 e. The number of nitrogens with one attached hydrogen (secondary N) is 1. The van der Waals surface area contributed by atoms with Crippen molar-refractivity contribution in [2.75, 3.05) is 6.54 Å². The number of benzene rings is 1. The fourth-order valence-corrected chi connectivity index (χ4v) is 3.34. The molecule has 23 heavy (non-hydrogen) atoms. The molecule has 0 aliphatic carbocycles. The molecule has 2 aromatic heterocycles. The SMILES string of the molecule is C#CCNC(=O)[C@H](C)Sc1nnc2cc(C)c3ccccc3n12. The lowest BCUT2D eigenvalue weighted by atomic mass is 10.1. The first-order valence-corrected chi connectivity index (χ1v) is 8.11. The Morgan fingerprint density at radius 3 is 3.00 bits per heavy atom. The van der Waals surface area contributed by atoms with Crippen molar-refractivity contribution in [2.24, 2.45) is 0 Å². The fourth-order valence-electron chi connectivity index (χ4n) is 2.44. The van der Waals surface area contributed by atoms with E-state index in [9.17, 15) is 4.79 Å². The van der Waals surface area contributed by atoms with Gasteiger partial charge in [0.2, 0.25) is 5.91 Å². The first-order chi connectivity index (χ1) is 11.1. The normalized spacial score (nSPS) is 12.2. The van der Waals surface area contributed by atoms with Crippen LogP contribution in [-0.4, -0.2) is 32.3 Å². The van der Waals surface area contributed by atoms with Crippen molar-refractivity contribution in [3.8, 4) is 12.3 Å². The van der Waals surface area contributed by atoms with Crippen LogP contribution in [-0.2, 0) is 4.79 Å². The Balaban J connectivity index is 2.01. The topological polar surface area (TPSA) is 59.3 Å². The standard InChI is InChI=1S/C17H16N4OS/c1-4-9-18-16(22)12(3)23-17-20-19-15-10-11(2)13-7-5-6-8-14(13)21(15)17/h1,5-8,10,12H,9H2,2-3H3,(H,18,22)/t12-/m0/s1. The van der Waals surface area contributed by atoms with Crippen LogP contribution in [0.15, 0.2) is 35.5 Å². The van der Waals surface area contributed by atoms with Gasteiger partial charge in [-0.05, 0) is 31.5 Å². The monoisotopic (exact) mass is 324 g/mol. The van der Waals surface area contributed by atoms with Crippen molar-refractivity contribution in [2.45, 2.75) is 24.3 Å². The molecule has 1 aromatic carbocycles. The van der Waals surface area contributed by atoms with Crippen LogP contribution in [0.1, 0.15) is 12.5 Å². The number of rotatable bonds is 4. The van der Waals surface area contributed by atoms with E-state index in [2.05, 4.69) is 34.4 Å². The molecule has 0 aliphatic rings. The first kappa shape index (κ1) is 15.4. The highest BCUT2D eigenvalue weighted by Gasteiger charge is 2.18. The Morgan fingerprint density at radius 2 is 2.22 bits per heavy atom. The van der Waals surface area contributed by atoms with Gasteiger partial charge in [0.1, 0.15) is 0 Å². The Hall–Kier alpha value is -2.52. The van der Waals surface area contributed by atoms with Crippen molar-refractivity contribution >= 4 is 34.2 Å². The fraction of sp³-hybridized carbons (Fsp3) is 0.235. The summed E-state index contributed by atoms with van der Waals surface area (Å²) in [5.74, 6) is 2.29. The minimum atomic E-state index is -0.309. The van der Waals surface area contributed by atoms with Gasteiger partial charge >= 0.3 is 0 Å². The first-order valence-electron chi connectivity index (χ1n) is 7.23. The van der Waals surface area contributed by atoms with Crippen LogP contribution in [0.3, 0.4) is 0 Å². The molecule has 1 amide bonds. The molecule has 0 spiro atoms. The van der Waals surface area contributed by atoms with Crippen molar-refractivity contribution in [3.05, 3.63) is 35.9 Å². The van der Waals surface area contributed by atoms with E-state index in [4.69, 9.17) is 6.42 Å². The molecule has 3 aromatic rings. The predicted molar refractivity (Wildman–Crippen MR) is 92.4 cm³/mol. The summed E-state index contributed by atoms with van der Waals surface area (Å²) in [5, 5.41) is 12.7. The molecule has 0 saturated carbocycles. The van der Waals surface area contributed by atoms with E-state index in [1.807, 2.05) is 35.6 Å². The number of carbonyl (C=O) groups is 1. The highest BCUT2D eigenvalue weighted by Crippen LogP contribution is 2.27. The van der Waals surface area contributed by atoms with E-state index in [0.29, 0.717) is 5.16 Å². The molecule has 0 aliphatic heterocycles. The van der Waals surface area contributed by atoms with Gasteiger partial charge < -0.3 is 5.32 Å². The Bertz CT molecular complexity index is 925. The largest absolute Gasteiger partial charge is 0.344 e. The summed E-state index contributed by atoms with van der Waals surface area (Å²) >= 11 is 1.37. The summed E-state index contributed by atoms with van der Waals surface area (Å²) in [5.41, 5.74) is 2.96. The van der Waals surface area contributed by atoms with Crippen molar-refractivity contribution < 1.29 is 4.79 Å². The molecule has 0 bridgehead atoms. The maximum atomic E-state index is 12.0. The number of pyridine rings is 1. The number of aryl methyl sites for hydroxylation is 1. The Morgan fingerprint density at radius 1 is 1.43 bits per heavy atom. The summed E-state index contributed by atoms with van der Waals surface area (Å²) in [6.45, 7) is 4.11. The molecular weight excluding hydrogens is 308 g/mol. The van der Waals surface area contributed by atoms with E-state index in [1.165, 1.54) is 11.8 Å². The second kappa shape index (κ2) is 6.31. The van der Waals surface area contributed by atoms with Crippen LogP contribution in [0, 0.1) is 19.3 Å². The van der Waals surface area contributed by atoms with Gasteiger partial charge in [0.15, 0.2) is 10.8 Å². The number of thioether (sulfide) groups is 1.